The third-order valence-electron chi connectivity index (χ3n) is 2.91. The van der Waals surface area contributed by atoms with Gasteiger partial charge in [-0.25, -0.2) is 0 Å². The molecular weight excluding hydrogens is 276 g/mol. The highest BCUT2D eigenvalue weighted by Crippen LogP contribution is 2.19. The van der Waals surface area contributed by atoms with Crippen LogP contribution in [0.2, 0.25) is 0 Å². The van der Waals surface area contributed by atoms with Gasteiger partial charge < -0.3 is 5.32 Å². The van der Waals surface area contributed by atoms with Crippen LogP contribution in [0.15, 0.2) is 35.7 Å². The molecule has 2 aromatic rings. The van der Waals surface area contributed by atoms with Crippen molar-refractivity contribution in [3.8, 4) is 0 Å². The van der Waals surface area contributed by atoms with Crippen molar-refractivity contribution < 1.29 is 9.72 Å². The third kappa shape index (κ3) is 3.42. The molecular formula is C14H14N2O3S. The van der Waals surface area contributed by atoms with Gasteiger partial charge in [0.15, 0.2) is 0 Å². The van der Waals surface area contributed by atoms with Crippen LogP contribution >= 0.6 is 11.3 Å². The van der Waals surface area contributed by atoms with Crippen molar-refractivity contribution in [1.82, 2.24) is 5.32 Å². The fraction of sp³-hybridized carbons (Fsp3) is 0.214. The van der Waals surface area contributed by atoms with Gasteiger partial charge >= 0.3 is 0 Å². The van der Waals surface area contributed by atoms with Crippen molar-refractivity contribution in [2.45, 2.75) is 13.3 Å². The Balaban J connectivity index is 1.98. The predicted octanol–water partition coefficient (Wildman–Crippen LogP) is 2.94. The lowest BCUT2D eigenvalue weighted by molar-refractivity contribution is -0.385. The van der Waals surface area contributed by atoms with Crippen LogP contribution in [0, 0.1) is 17.0 Å². The monoisotopic (exact) mass is 290 g/mol. The Labute approximate surface area is 120 Å². The van der Waals surface area contributed by atoms with Gasteiger partial charge in [-0.15, -0.1) is 11.3 Å². The van der Waals surface area contributed by atoms with Gasteiger partial charge in [0.05, 0.1) is 4.92 Å². The number of nitrogens with one attached hydrogen (secondary N) is 1. The van der Waals surface area contributed by atoms with E-state index in [9.17, 15) is 14.9 Å². The van der Waals surface area contributed by atoms with Gasteiger partial charge in [-0.1, -0.05) is 12.1 Å². The summed E-state index contributed by atoms with van der Waals surface area (Å²) in [6, 6.07) is 8.48. The predicted molar refractivity (Wildman–Crippen MR) is 78.2 cm³/mol. The normalized spacial score (nSPS) is 10.2. The summed E-state index contributed by atoms with van der Waals surface area (Å²) in [6.07, 6.45) is 0.761. The molecule has 6 heteroatoms. The quantitative estimate of drug-likeness (QED) is 0.679. The number of nitro groups is 1. The first-order valence-electron chi connectivity index (χ1n) is 6.13. The van der Waals surface area contributed by atoms with Crippen LogP contribution in [0.1, 0.15) is 20.8 Å². The minimum Gasteiger partial charge on any atom is -0.352 e. The summed E-state index contributed by atoms with van der Waals surface area (Å²) in [5.74, 6) is -0.287. The molecule has 5 nitrogen and oxygen atoms in total. The third-order valence-corrected chi connectivity index (χ3v) is 3.84. The van der Waals surface area contributed by atoms with Crippen molar-refractivity contribution in [3.05, 3.63) is 61.8 Å². The van der Waals surface area contributed by atoms with Crippen LogP contribution in [-0.4, -0.2) is 17.4 Å². The molecule has 0 radical (unpaired) electrons. The van der Waals surface area contributed by atoms with Gasteiger partial charge in [0.1, 0.15) is 0 Å². The second-order valence-electron chi connectivity index (χ2n) is 4.34. The lowest BCUT2D eigenvalue weighted by Crippen LogP contribution is -2.25. The van der Waals surface area contributed by atoms with E-state index in [0.29, 0.717) is 17.7 Å². The van der Waals surface area contributed by atoms with Gasteiger partial charge in [-0.3, -0.25) is 14.9 Å². The Morgan fingerprint density at radius 2 is 2.20 bits per heavy atom. The van der Waals surface area contributed by atoms with E-state index in [1.54, 1.807) is 30.4 Å². The molecule has 0 aliphatic heterocycles. The number of aryl methyl sites for hydroxylation is 1. The number of carbonyl (C=O) groups excluding carboxylic acids is 1. The molecule has 0 saturated heterocycles. The van der Waals surface area contributed by atoms with Crippen molar-refractivity contribution in [2.24, 2.45) is 0 Å². The molecule has 0 saturated carbocycles. The zero-order valence-corrected chi connectivity index (χ0v) is 11.8. The fourth-order valence-electron chi connectivity index (χ4n) is 1.80. The van der Waals surface area contributed by atoms with Crippen LogP contribution < -0.4 is 5.32 Å². The summed E-state index contributed by atoms with van der Waals surface area (Å²) in [7, 11) is 0. The summed E-state index contributed by atoms with van der Waals surface area (Å²) >= 11 is 1.64. The van der Waals surface area contributed by atoms with Crippen molar-refractivity contribution in [2.75, 3.05) is 6.54 Å². The number of nitro benzene ring substituents is 1. The Hall–Kier alpha value is -2.21. The molecule has 0 aliphatic rings. The highest BCUT2D eigenvalue weighted by molar-refractivity contribution is 7.09. The summed E-state index contributed by atoms with van der Waals surface area (Å²) in [5, 5.41) is 15.6. The molecule has 1 aromatic carbocycles. The van der Waals surface area contributed by atoms with E-state index in [2.05, 4.69) is 5.32 Å². The number of hydrogen-bond donors (Lipinski definition) is 1. The van der Waals surface area contributed by atoms with E-state index in [0.717, 1.165) is 6.42 Å². The Morgan fingerprint density at radius 1 is 1.40 bits per heavy atom. The zero-order chi connectivity index (χ0) is 14.5. The van der Waals surface area contributed by atoms with E-state index in [1.807, 2.05) is 17.5 Å². The van der Waals surface area contributed by atoms with Gasteiger partial charge in [0.25, 0.3) is 11.6 Å². The number of benzene rings is 1. The van der Waals surface area contributed by atoms with E-state index in [-0.39, 0.29) is 11.6 Å². The largest absolute Gasteiger partial charge is 0.352 e. The molecule has 104 valence electrons. The number of hydrogen-bond acceptors (Lipinski definition) is 4. The van der Waals surface area contributed by atoms with Gasteiger partial charge in [-0.05, 0) is 30.9 Å². The molecule has 0 spiro atoms. The van der Waals surface area contributed by atoms with Crippen LogP contribution in [-0.2, 0) is 6.42 Å². The standard InChI is InChI=1S/C14H14N2O3S/c1-10-4-5-11(9-13(10)16(18)19)14(17)15-7-6-12-3-2-8-20-12/h2-5,8-9H,6-7H2,1H3,(H,15,17). The topological polar surface area (TPSA) is 72.2 Å². The molecule has 2 rings (SSSR count). The highest BCUT2D eigenvalue weighted by atomic mass is 32.1. The Kier molecular flexibility index (Phi) is 4.47. The van der Waals surface area contributed by atoms with Crippen LogP contribution in [0.5, 0.6) is 0 Å². The maximum absolute atomic E-state index is 11.9. The van der Waals surface area contributed by atoms with Gasteiger partial charge in [0, 0.05) is 28.6 Å². The van der Waals surface area contributed by atoms with E-state index < -0.39 is 4.92 Å². The minimum absolute atomic E-state index is 0.0316. The van der Waals surface area contributed by atoms with Crippen molar-refractivity contribution >= 4 is 22.9 Å². The average molecular weight is 290 g/mol. The first-order chi connectivity index (χ1) is 9.58. The molecule has 0 aliphatic carbocycles. The molecule has 0 bridgehead atoms. The number of thiophene rings is 1. The molecule has 0 atom stereocenters. The molecule has 1 heterocycles. The number of nitrogens with zero attached hydrogens (tertiary/aromatic N) is 1. The minimum atomic E-state index is -0.474. The molecule has 0 fully saturated rings. The smallest absolute Gasteiger partial charge is 0.273 e. The van der Waals surface area contributed by atoms with Crippen LogP contribution in [0.25, 0.3) is 0 Å². The first-order valence-corrected chi connectivity index (χ1v) is 7.01. The van der Waals surface area contributed by atoms with Crippen molar-refractivity contribution in [1.29, 1.82) is 0 Å². The maximum atomic E-state index is 11.9. The lowest BCUT2D eigenvalue weighted by Gasteiger charge is -2.05. The number of carbonyl (C=O) groups is 1. The van der Waals surface area contributed by atoms with Gasteiger partial charge in [0.2, 0.25) is 0 Å². The molecule has 1 amide bonds. The lowest BCUT2D eigenvalue weighted by atomic mass is 10.1. The second kappa shape index (κ2) is 6.29. The van der Waals surface area contributed by atoms with Crippen LogP contribution in [0.3, 0.4) is 0 Å². The van der Waals surface area contributed by atoms with Crippen LogP contribution in [0.4, 0.5) is 5.69 Å². The second-order valence-corrected chi connectivity index (χ2v) is 5.38. The Bertz CT molecular complexity index is 623. The number of amides is 1. The summed E-state index contributed by atoms with van der Waals surface area (Å²) in [6.45, 7) is 2.16. The molecule has 1 N–H and O–H groups in total. The average Bonchev–Trinajstić information content (AvgIpc) is 2.92. The summed E-state index contributed by atoms with van der Waals surface area (Å²) < 4.78 is 0. The molecule has 1 aromatic heterocycles. The fourth-order valence-corrected chi connectivity index (χ4v) is 2.51. The SMILES string of the molecule is Cc1ccc(C(=O)NCCc2cccs2)cc1[N+](=O)[O-]. The van der Waals surface area contributed by atoms with Crippen molar-refractivity contribution in [3.63, 3.8) is 0 Å². The maximum Gasteiger partial charge on any atom is 0.273 e. The molecule has 0 unspecified atom stereocenters. The van der Waals surface area contributed by atoms with E-state index in [4.69, 9.17) is 0 Å². The Morgan fingerprint density at radius 3 is 2.85 bits per heavy atom. The number of rotatable bonds is 5. The summed E-state index contributed by atoms with van der Waals surface area (Å²) in [5.41, 5.74) is 0.828. The summed E-state index contributed by atoms with van der Waals surface area (Å²) in [4.78, 5) is 23.5. The molecule has 20 heavy (non-hydrogen) atoms. The van der Waals surface area contributed by atoms with Gasteiger partial charge in [-0.2, -0.15) is 0 Å². The zero-order valence-electron chi connectivity index (χ0n) is 11.0. The van der Waals surface area contributed by atoms with E-state index in [1.165, 1.54) is 10.9 Å². The highest BCUT2D eigenvalue weighted by Gasteiger charge is 2.14. The van der Waals surface area contributed by atoms with E-state index >= 15 is 0 Å². The first kappa shape index (κ1) is 14.2.